The predicted molar refractivity (Wildman–Crippen MR) is 83.9 cm³/mol. The van der Waals surface area contributed by atoms with Crippen LogP contribution in [0.5, 0.6) is 0 Å². The van der Waals surface area contributed by atoms with Gasteiger partial charge in [-0.2, -0.15) is 0 Å². The summed E-state index contributed by atoms with van der Waals surface area (Å²) in [5.74, 6) is -1.23. The molecule has 22 heavy (non-hydrogen) atoms. The lowest BCUT2D eigenvalue weighted by Gasteiger charge is -2.05. The van der Waals surface area contributed by atoms with Crippen LogP contribution < -0.4 is 5.43 Å². The summed E-state index contributed by atoms with van der Waals surface area (Å²) in [6.07, 6.45) is 2.85. The van der Waals surface area contributed by atoms with Crippen molar-refractivity contribution in [3.05, 3.63) is 32.9 Å². The summed E-state index contributed by atoms with van der Waals surface area (Å²) in [6, 6.07) is 1.62. The number of thiophene rings is 1. The van der Waals surface area contributed by atoms with Crippen LogP contribution in [0.1, 0.15) is 29.1 Å². The lowest BCUT2D eigenvalue weighted by Crippen LogP contribution is -2.17. The minimum atomic E-state index is -1.23. The highest BCUT2D eigenvalue weighted by molar-refractivity contribution is 7.20. The Hall–Kier alpha value is -2.19. The van der Waals surface area contributed by atoms with Crippen LogP contribution in [0.25, 0.3) is 10.2 Å². The first-order chi connectivity index (χ1) is 10.6. The summed E-state index contributed by atoms with van der Waals surface area (Å²) in [5.41, 5.74) is -0.721. The number of pyridine rings is 1. The fourth-order valence-electron chi connectivity index (χ4n) is 1.89. The van der Waals surface area contributed by atoms with Crippen molar-refractivity contribution in [2.45, 2.75) is 20.4 Å². The Bertz CT molecular complexity index is 762. The van der Waals surface area contributed by atoms with Gasteiger partial charge in [-0.05, 0) is 19.9 Å². The fourth-order valence-corrected chi connectivity index (χ4v) is 2.94. The number of hydrogen-bond donors (Lipinski definition) is 1. The van der Waals surface area contributed by atoms with E-state index in [0.29, 0.717) is 28.2 Å². The van der Waals surface area contributed by atoms with Crippen molar-refractivity contribution in [1.29, 1.82) is 0 Å². The average Bonchev–Trinajstić information content (AvgIpc) is 2.92. The molecule has 0 atom stereocenters. The van der Waals surface area contributed by atoms with E-state index in [1.165, 1.54) is 23.7 Å². The molecule has 0 aliphatic heterocycles. The molecule has 0 unspecified atom stereocenters. The number of rotatable bonds is 7. The van der Waals surface area contributed by atoms with Gasteiger partial charge in [-0.1, -0.05) is 5.16 Å². The van der Waals surface area contributed by atoms with Crippen molar-refractivity contribution in [1.82, 2.24) is 4.57 Å². The maximum Gasteiger partial charge on any atom is 0.341 e. The average molecular weight is 324 g/mol. The molecule has 118 valence electrons. The maximum absolute atomic E-state index is 12.2. The minimum Gasteiger partial charge on any atom is -0.477 e. The van der Waals surface area contributed by atoms with Gasteiger partial charge in [0.1, 0.15) is 10.4 Å². The Balaban J connectivity index is 2.38. The topological polar surface area (TPSA) is 90.1 Å². The summed E-state index contributed by atoms with van der Waals surface area (Å²) < 4.78 is 6.72. The third kappa shape index (κ3) is 3.34. The molecule has 2 rings (SSSR count). The van der Waals surface area contributed by atoms with E-state index in [-0.39, 0.29) is 12.4 Å². The molecule has 0 aromatic carbocycles. The first-order valence-corrected chi connectivity index (χ1v) is 7.53. The SMILES string of the molecule is CCOCON=Cc1cc2c(=O)c(C(=O)O)cn(CC)c2s1. The largest absolute Gasteiger partial charge is 0.477 e. The van der Waals surface area contributed by atoms with E-state index in [9.17, 15) is 9.59 Å². The van der Waals surface area contributed by atoms with Crippen LogP contribution in [0, 0.1) is 0 Å². The molecule has 2 heterocycles. The number of carbonyl (C=O) groups is 1. The van der Waals surface area contributed by atoms with Crippen LogP contribution in [0.3, 0.4) is 0 Å². The molecule has 0 bridgehead atoms. The molecule has 0 aliphatic carbocycles. The molecule has 0 aliphatic rings. The Morgan fingerprint density at radius 3 is 2.91 bits per heavy atom. The van der Waals surface area contributed by atoms with E-state index in [4.69, 9.17) is 14.7 Å². The Kier molecular flexibility index (Phi) is 5.29. The number of oxime groups is 1. The van der Waals surface area contributed by atoms with Gasteiger partial charge in [0.15, 0.2) is 0 Å². The van der Waals surface area contributed by atoms with Gasteiger partial charge in [0.2, 0.25) is 12.2 Å². The van der Waals surface area contributed by atoms with Gasteiger partial charge < -0.3 is 19.2 Å². The van der Waals surface area contributed by atoms with Crippen LogP contribution in [0.2, 0.25) is 0 Å². The molecule has 8 heteroatoms. The van der Waals surface area contributed by atoms with Gasteiger partial charge in [-0.3, -0.25) is 4.79 Å². The highest BCUT2D eigenvalue weighted by atomic mass is 32.1. The molecule has 2 aromatic rings. The Labute approximate surface area is 130 Å². The Morgan fingerprint density at radius 1 is 1.50 bits per heavy atom. The zero-order chi connectivity index (χ0) is 16.1. The number of aromatic carboxylic acids is 1. The number of carboxylic acids is 1. The second-order valence-electron chi connectivity index (χ2n) is 4.30. The highest BCUT2D eigenvalue weighted by Crippen LogP contribution is 2.23. The van der Waals surface area contributed by atoms with Crippen LogP contribution in [0.4, 0.5) is 0 Å². The van der Waals surface area contributed by atoms with Gasteiger partial charge in [-0.15, -0.1) is 11.3 Å². The van der Waals surface area contributed by atoms with E-state index >= 15 is 0 Å². The lowest BCUT2D eigenvalue weighted by molar-refractivity contribution is -0.0469. The van der Waals surface area contributed by atoms with E-state index in [0.717, 1.165) is 0 Å². The van der Waals surface area contributed by atoms with Crippen molar-refractivity contribution in [3.63, 3.8) is 0 Å². The van der Waals surface area contributed by atoms with E-state index in [2.05, 4.69) is 5.16 Å². The maximum atomic E-state index is 12.2. The number of hydrogen-bond acceptors (Lipinski definition) is 6. The summed E-state index contributed by atoms with van der Waals surface area (Å²) in [4.78, 5) is 29.6. The van der Waals surface area contributed by atoms with Gasteiger partial charge in [-0.25, -0.2) is 4.79 Å². The summed E-state index contributed by atoms with van der Waals surface area (Å²) in [5, 5.41) is 13.2. The van der Waals surface area contributed by atoms with Gasteiger partial charge >= 0.3 is 5.97 Å². The molecule has 0 spiro atoms. The number of ether oxygens (including phenoxy) is 1. The van der Waals surface area contributed by atoms with Gasteiger partial charge in [0.25, 0.3) is 0 Å². The van der Waals surface area contributed by atoms with E-state index in [1.807, 2.05) is 13.8 Å². The molecule has 0 radical (unpaired) electrons. The molecule has 0 amide bonds. The standard InChI is InChI=1S/C14H16N2O5S/c1-3-16-7-11(14(18)19)12(17)10-5-9(22-13(10)16)6-15-21-8-20-4-2/h5-7H,3-4,8H2,1-2H3,(H,18,19). The van der Waals surface area contributed by atoms with Gasteiger partial charge in [0.05, 0.1) is 16.5 Å². The van der Waals surface area contributed by atoms with Crippen LogP contribution >= 0.6 is 11.3 Å². The normalized spacial score (nSPS) is 11.4. The quantitative estimate of drug-likeness (QED) is 0.365. The number of nitrogens with zero attached hydrogens (tertiary/aromatic N) is 2. The van der Waals surface area contributed by atoms with Crippen LogP contribution in [-0.4, -0.2) is 35.3 Å². The first kappa shape index (κ1) is 16.2. The van der Waals surface area contributed by atoms with Crippen LogP contribution in [0.15, 0.2) is 22.2 Å². The van der Waals surface area contributed by atoms with Crippen molar-refractivity contribution in [3.8, 4) is 0 Å². The van der Waals surface area contributed by atoms with Crippen molar-refractivity contribution in [2.24, 2.45) is 5.16 Å². The monoisotopic (exact) mass is 324 g/mol. The molecule has 1 N–H and O–H groups in total. The van der Waals surface area contributed by atoms with E-state index in [1.54, 1.807) is 10.6 Å². The minimum absolute atomic E-state index is 0.0584. The molecule has 7 nitrogen and oxygen atoms in total. The van der Waals surface area contributed by atoms with E-state index < -0.39 is 11.4 Å². The molecular formula is C14H16N2O5S. The van der Waals surface area contributed by atoms with Gasteiger partial charge in [0, 0.05) is 19.3 Å². The first-order valence-electron chi connectivity index (χ1n) is 6.71. The van der Waals surface area contributed by atoms with Crippen molar-refractivity contribution in [2.75, 3.05) is 13.4 Å². The zero-order valence-electron chi connectivity index (χ0n) is 12.2. The van der Waals surface area contributed by atoms with Crippen molar-refractivity contribution >= 4 is 33.7 Å². The second-order valence-corrected chi connectivity index (χ2v) is 5.37. The second kappa shape index (κ2) is 7.19. The molecule has 0 saturated carbocycles. The third-order valence-corrected chi connectivity index (χ3v) is 4.04. The third-order valence-electron chi connectivity index (χ3n) is 2.93. The summed E-state index contributed by atoms with van der Waals surface area (Å²) >= 11 is 1.35. The molecule has 2 aromatic heterocycles. The molecular weight excluding hydrogens is 308 g/mol. The molecule has 0 saturated heterocycles. The summed E-state index contributed by atoms with van der Waals surface area (Å²) in [6.45, 7) is 4.89. The van der Waals surface area contributed by atoms with Crippen molar-refractivity contribution < 1.29 is 19.5 Å². The van der Waals surface area contributed by atoms with Crippen LogP contribution in [-0.2, 0) is 16.1 Å². The summed E-state index contributed by atoms with van der Waals surface area (Å²) in [7, 11) is 0. The zero-order valence-corrected chi connectivity index (χ0v) is 13.1. The molecule has 0 fully saturated rings. The smallest absolute Gasteiger partial charge is 0.341 e. The Morgan fingerprint density at radius 2 is 2.27 bits per heavy atom. The lowest BCUT2D eigenvalue weighted by atomic mass is 10.2. The highest BCUT2D eigenvalue weighted by Gasteiger charge is 2.16. The number of aryl methyl sites for hydroxylation is 1. The number of fused-ring (bicyclic) bond motifs is 1. The number of carboxylic acid groups (broad SMARTS) is 1. The fraction of sp³-hybridized carbons (Fsp3) is 0.357. The predicted octanol–water partition coefficient (Wildman–Crippen LogP) is 2.13. The number of aromatic nitrogens is 1.